The Bertz CT molecular complexity index is 857. The number of nitrogens with one attached hydrogen (secondary N) is 1. The summed E-state index contributed by atoms with van der Waals surface area (Å²) < 4.78 is 2.68. The van der Waals surface area contributed by atoms with Crippen LogP contribution in [-0.4, -0.2) is 45.6 Å². The fraction of sp³-hybridized carbons (Fsp3) is 0.450. The minimum absolute atomic E-state index is 0.0928. The second-order valence-electron chi connectivity index (χ2n) is 7.48. The predicted octanol–water partition coefficient (Wildman–Crippen LogP) is 2.71. The van der Waals surface area contributed by atoms with Crippen LogP contribution in [0.25, 0.3) is 0 Å². The van der Waals surface area contributed by atoms with Crippen molar-refractivity contribution in [2.75, 3.05) is 13.1 Å². The van der Waals surface area contributed by atoms with Crippen molar-refractivity contribution in [3.8, 4) is 0 Å². The van der Waals surface area contributed by atoms with Crippen molar-refractivity contribution in [2.24, 2.45) is 13.0 Å². The van der Waals surface area contributed by atoms with Gasteiger partial charge in [0.05, 0.1) is 11.8 Å². The van der Waals surface area contributed by atoms with E-state index in [0.29, 0.717) is 24.6 Å². The summed E-state index contributed by atoms with van der Waals surface area (Å²) in [4.78, 5) is 27.0. The lowest BCUT2D eigenvalue weighted by Gasteiger charge is -2.32. The molecule has 2 heterocycles. The minimum atomic E-state index is -0.0928. The Kier molecular flexibility index (Phi) is 5.04. The quantitative estimate of drug-likeness (QED) is 0.810. The molecular formula is C20H23BrN4O2. The summed E-state index contributed by atoms with van der Waals surface area (Å²) in [6.45, 7) is 1.41. The third kappa shape index (κ3) is 4.08. The molecule has 1 saturated carbocycles. The molecule has 0 bridgehead atoms. The Balaban J connectivity index is 1.27. The number of amides is 2. The fourth-order valence-corrected chi connectivity index (χ4v) is 4.28. The van der Waals surface area contributed by atoms with Gasteiger partial charge in [-0.15, -0.1) is 0 Å². The minimum Gasteiger partial charge on any atom is -0.349 e. The molecule has 2 amide bonds. The number of aryl methyl sites for hydroxylation is 1. The third-order valence-corrected chi connectivity index (χ3v) is 5.99. The largest absolute Gasteiger partial charge is 0.349 e. The summed E-state index contributed by atoms with van der Waals surface area (Å²) >= 11 is 3.50. The molecule has 2 aromatic rings. The highest BCUT2D eigenvalue weighted by Gasteiger charge is 2.46. The fourth-order valence-electron chi connectivity index (χ4n) is 3.86. The topological polar surface area (TPSA) is 67.2 Å². The van der Waals surface area contributed by atoms with E-state index in [1.807, 2.05) is 17.0 Å². The molecule has 1 aliphatic carbocycles. The maximum atomic E-state index is 12.8. The number of rotatable bonds is 4. The van der Waals surface area contributed by atoms with Gasteiger partial charge in [0.25, 0.3) is 5.91 Å². The highest BCUT2D eigenvalue weighted by atomic mass is 79.9. The molecule has 7 heteroatoms. The summed E-state index contributed by atoms with van der Waals surface area (Å²) in [7, 11) is 1.79. The second-order valence-corrected chi connectivity index (χ2v) is 8.40. The van der Waals surface area contributed by atoms with E-state index in [-0.39, 0.29) is 23.8 Å². The Morgan fingerprint density at radius 3 is 2.70 bits per heavy atom. The van der Waals surface area contributed by atoms with E-state index in [1.54, 1.807) is 24.1 Å². The van der Waals surface area contributed by atoms with Crippen LogP contribution in [0.4, 0.5) is 0 Å². The number of nitrogens with zero attached hydrogens (tertiary/aromatic N) is 3. The molecule has 2 aliphatic rings. The SMILES string of the molecule is Cn1cc(C(=O)NC2CCN(C(=O)C3CC3c3cccc(Br)c3)CC2)cn1. The van der Waals surface area contributed by atoms with Gasteiger partial charge in [-0.3, -0.25) is 14.3 Å². The van der Waals surface area contributed by atoms with Crippen LogP contribution in [0, 0.1) is 5.92 Å². The van der Waals surface area contributed by atoms with Gasteiger partial charge in [-0.05, 0) is 42.9 Å². The first-order valence-electron chi connectivity index (χ1n) is 9.35. The number of hydrogen-bond donors (Lipinski definition) is 1. The molecule has 27 heavy (non-hydrogen) atoms. The van der Waals surface area contributed by atoms with Crippen molar-refractivity contribution < 1.29 is 9.59 Å². The summed E-state index contributed by atoms with van der Waals surface area (Å²) in [5, 5.41) is 7.09. The molecule has 1 saturated heterocycles. The lowest BCUT2D eigenvalue weighted by atomic mass is 10.0. The van der Waals surface area contributed by atoms with E-state index in [2.05, 4.69) is 38.5 Å². The van der Waals surface area contributed by atoms with Crippen LogP contribution in [0.15, 0.2) is 41.1 Å². The standard InChI is InChI=1S/C20H23BrN4O2/c1-24-12-14(11-22-24)19(26)23-16-5-7-25(8-6-16)20(27)18-10-17(18)13-3-2-4-15(21)9-13/h2-4,9,11-12,16-18H,5-8,10H2,1H3,(H,23,26). The second kappa shape index (κ2) is 7.46. The molecule has 2 fully saturated rings. The van der Waals surface area contributed by atoms with E-state index in [1.165, 1.54) is 5.56 Å². The monoisotopic (exact) mass is 430 g/mol. The third-order valence-electron chi connectivity index (χ3n) is 5.49. The molecule has 1 aromatic carbocycles. The van der Waals surface area contributed by atoms with Crippen molar-refractivity contribution in [2.45, 2.75) is 31.2 Å². The maximum absolute atomic E-state index is 12.8. The van der Waals surface area contributed by atoms with Gasteiger partial charge in [-0.25, -0.2) is 0 Å². The van der Waals surface area contributed by atoms with Gasteiger partial charge in [-0.1, -0.05) is 28.1 Å². The van der Waals surface area contributed by atoms with Gasteiger partial charge in [0.1, 0.15) is 0 Å². The lowest BCUT2D eigenvalue weighted by Crippen LogP contribution is -2.47. The summed E-state index contributed by atoms with van der Waals surface area (Å²) in [5.41, 5.74) is 1.81. The Morgan fingerprint density at radius 1 is 1.26 bits per heavy atom. The van der Waals surface area contributed by atoms with Gasteiger partial charge < -0.3 is 10.2 Å². The van der Waals surface area contributed by atoms with Crippen molar-refractivity contribution >= 4 is 27.7 Å². The van der Waals surface area contributed by atoms with Gasteiger partial charge >= 0.3 is 0 Å². The number of halogens is 1. The molecule has 4 rings (SSSR count). The molecule has 1 N–H and O–H groups in total. The molecule has 0 spiro atoms. The van der Waals surface area contributed by atoms with Gasteiger partial charge in [0, 0.05) is 42.8 Å². The average molecular weight is 431 g/mol. The Hall–Kier alpha value is -2.15. The number of carbonyl (C=O) groups excluding carboxylic acids is 2. The predicted molar refractivity (Wildman–Crippen MR) is 105 cm³/mol. The average Bonchev–Trinajstić information content (AvgIpc) is 3.35. The van der Waals surface area contributed by atoms with E-state index in [4.69, 9.17) is 0 Å². The number of carbonyl (C=O) groups is 2. The van der Waals surface area contributed by atoms with Gasteiger partial charge in [-0.2, -0.15) is 5.10 Å². The van der Waals surface area contributed by atoms with Crippen LogP contribution in [0.3, 0.4) is 0 Å². The first kappa shape index (κ1) is 18.2. The molecule has 1 aromatic heterocycles. The van der Waals surface area contributed by atoms with Crippen molar-refractivity contribution in [1.29, 1.82) is 0 Å². The maximum Gasteiger partial charge on any atom is 0.254 e. The zero-order chi connectivity index (χ0) is 19.0. The van der Waals surface area contributed by atoms with Crippen LogP contribution in [0.2, 0.25) is 0 Å². The molecule has 1 aliphatic heterocycles. The molecule has 0 radical (unpaired) electrons. The normalized spacial score (nSPS) is 22.5. The van der Waals surface area contributed by atoms with Crippen molar-refractivity contribution in [3.63, 3.8) is 0 Å². The Labute approximate surface area is 167 Å². The summed E-state index contributed by atoms with van der Waals surface area (Å²) in [6, 6.07) is 8.35. The molecule has 6 nitrogen and oxygen atoms in total. The number of hydrogen-bond acceptors (Lipinski definition) is 3. The van der Waals surface area contributed by atoms with Gasteiger partial charge in [0.2, 0.25) is 5.91 Å². The lowest BCUT2D eigenvalue weighted by molar-refractivity contribution is -0.133. The van der Waals surface area contributed by atoms with Crippen LogP contribution in [-0.2, 0) is 11.8 Å². The smallest absolute Gasteiger partial charge is 0.254 e. The number of likely N-dealkylation sites (tertiary alicyclic amines) is 1. The van der Waals surface area contributed by atoms with Crippen LogP contribution in [0.5, 0.6) is 0 Å². The van der Waals surface area contributed by atoms with Gasteiger partial charge in [0.15, 0.2) is 0 Å². The number of piperidine rings is 1. The highest BCUT2D eigenvalue weighted by molar-refractivity contribution is 9.10. The first-order valence-corrected chi connectivity index (χ1v) is 10.1. The molecule has 2 unspecified atom stereocenters. The van der Waals surface area contributed by atoms with Crippen LogP contribution in [0.1, 0.15) is 41.1 Å². The number of benzene rings is 1. The molecule has 142 valence electrons. The number of aromatic nitrogens is 2. The van der Waals surface area contributed by atoms with Crippen LogP contribution < -0.4 is 5.32 Å². The summed E-state index contributed by atoms with van der Waals surface area (Å²) in [6.07, 6.45) is 5.82. The van der Waals surface area contributed by atoms with Crippen LogP contribution >= 0.6 is 15.9 Å². The summed E-state index contributed by atoms with van der Waals surface area (Å²) in [5.74, 6) is 0.626. The first-order chi connectivity index (χ1) is 13.0. The highest BCUT2D eigenvalue weighted by Crippen LogP contribution is 2.49. The zero-order valence-electron chi connectivity index (χ0n) is 15.3. The van der Waals surface area contributed by atoms with E-state index in [9.17, 15) is 9.59 Å². The van der Waals surface area contributed by atoms with E-state index in [0.717, 1.165) is 23.7 Å². The van der Waals surface area contributed by atoms with Crippen molar-refractivity contribution in [3.05, 3.63) is 52.3 Å². The molecule has 2 atom stereocenters. The van der Waals surface area contributed by atoms with E-state index >= 15 is 0 Å². The Morgan fingerprint density at radius 2 is 2.04 bits per heavy atom. The van der Waals surface area contributed by atoms with E-state index < -0.39 is 0 Å². The van der Waals surface area contributed by atoms with Crippen molar-refractivity contribution in [1.82, 2.24) is 20.0 Å². The zero-order valence-corrected chi connectivity index (χ0v) is 16.9. The molecular weight excluding hydrogens is 408 g/mol.